The molecule has 2 rings (SSSR count). The van der Waals surface area contributed by atoms with Gasteiger partial charge in [0, 0.05) is 6.42 Å². The largest absolute Gasteiger partial charge is 0.468 e. The maximum atomic E-state index is 12.1. The zero-order valence-corrected chi connectivity index (χ0v) is 11.8. The summed E-state index contributed by atoms with van der Waals surface area (Å²) in [5.74, 6) is -1.29. The lowest BCUT2D eigenvalue weighted by molar-refractivity contribution is -0.164. The zero-order valence-electron chi connectivity index (χ0n) is 11.8. The number of carbonyl (C=O) groups is 2. The number of aliphatic hydroxyl groups is 1. The van der Waals surface area contributed by atoms with Gasteiger partial charge in [0.25, 0.3) is 0 Å². The predicted molar refractivity (Wildman–Crippen MR) is 71.6 cm³/mol. The lowest BCUT2D eigenvalue weighted by Gasteiger charge is -2.21. The average molecular weight is 278 g/mol. The standard InChI is InChI=1S/C15H18O5/c1-9-11-8-15(13(17)19-2,14(18)20-3)7-10(11)5-4-6-12(9)16/h4-5,7,12,16H,6,8H2,1-3H3. The zero-order chi connectivity index (χ0) is 14.9. The Labute approximate surface area is 117 Å². The van der Waals surface area contributed by atoms with Crippen LogP contribution in [0.3, 0.4) is 0 Å². The Bertz CT molecular complexity index is 522. The van der Waals surface area contributed by atoms with Gasteiger partial charge in [0.2, 0.25) is 0 Å². The summed E-state index contributed by atoms with van der Waals surface area (Å²) in [7, 11) is 2.48. The molecule has 0 radical (unpaired) electrons. The minimum Gasteiger partial charge on any atom is -0.468 e. The number of aliphatic hydroxyl groups excluding tert-OH is 1. The summed E-state index contributed by atoms with van der Waals surface area (Å²) in [6, 6.07) is 0. The van der Waals surface area contributed by atoms with Crippen LogP contribution in [0.5, 0.6) is 0 Å². The van der Waals surface area contributed by atoms with E-state index >= 15 is 0 Å². The molecule has 108 valence electrons. The van der Waals surface area contributed by atoms with Crippen molar-refractivity contribution in [3.63, 3.8) is 0 Å². The summed E-state index contributed by atoms with van der Waals surface area (Å²) < 4.78 is 9.53. The fourth-order valence-corrected chi connectivity index (χ4v) is 2.71. The molecule has 0 fully saturated rings. The summed E-state index contributed by atoms with van der Waals surface area (Å²) in [5.41, 5.74) is 0.907. The van der Waals surface area contributed by atoms with Gasteiger partial charge >= 0.3 is 11.9 Å². The van der Waals surface area contributed by atoms with Gasteiger partial charge < -0.3 is 14.6 Å². The van der Waals surface area contributed by atoms with Crippen molar-refractivity contribution < 1.29 is 24.2 Å². The number of allylic oxidation sites excluding steroid dienone is 3. The highest BCUT2D eigenvalue weighted by atomic mass is 16.5. The number of fused-ring (bicyclic) bond motifs is 1. The third-order valence-corrected chi connectivity index (χ3v) is 3.94. The van der Waals surface area contributed by atoms with Gasteiger partial charge in [-0.15, -0.1) is 0 Å². The van der Waals surface area contributed by atoms with E-state index in [9.17, 15) is 14.7 Å². The minimum atomic E-state index is -1.45. The molecule has 0 bridgehead atoms. The molecule has 2 aliphatic carbocycles. The number of hydrogen-bond donors (Lipinski definition) is 1. The lowest BCUT2D eigenvalue weighted by atomic mass is 9.85. The van der Waals surface area contributed by atoms with Crippen LogP contribution in [0.1, 0.15) is 19.8 Å². The highest BCUT2D eigenvalue weighted by Crippen LogP contribution is 2.45. The number of esters is 2. The minimum absolute atomic E-state index is 0.162. The molecule has 0 aromatic heterocycles. The van der Waals surface area contributed by atoms with E-state index in [2.05, 4.69) is 0 Å². The number of rotatable bonds is 2. The van der Waals surface area contributed by atoms with Crippen molar-refractivity contribution in [2.24, 2.45) is 5.41 Å². The average Bonchev–Trinajstić information content (AvgIpc) is 2.80. The summed E-state index contributed by atoms with van der Waals surface area (Å²) in [4.78, 5) is 24.2. The summed E-state index contributed by atoms with van der Waals surface area (Å²) in [6.45, 7) is 1.81. The van der Waals surface area contributed by atoms with Gasteiger partial charge in [-0.1, -0.05) is 12.2 Å². The first-order chi connectivity index (χ1) is 9.46. The molecule has 5 heteroatoms. The number of methoxy groups -OCH3 is 2. The van der Waals surface area contributed by atoms with Crippen molar-refractivity contribution in [3.8, 4) is 0 Å². The molecule has 1 N–H and O–H groups in total. The second kappa shape index (κ2) is 5.25. The van der Waals surface area contributed by atoms with E-state index in [0.29, 0.717) is 6.42 Å². The van der Waals surface area contributed by atoms with Crippen LogP contribution in [0.4, 0.5) is 0 Å². The van der Waals surface area contributed by atoms with Gasteiger partial charge in [0.1, 0.15) is 0 Å². The van der Waals surface area contributed by atoms with E-state index in [1.54, 1.807) is 6.08 Å². The van der Waals surface area contributed by atoms with Gasteiger partial charge in [0.05, 0.1) is 20.3 Å². The second-order valence-electron chi connectivity index (χ2n) is 5.05. The third-order valence-electron chi connectivity index (χ3n) is 3.94. The molecule has 1 unspecified atom stereocenters. The van der Waals surface area contributed by atoms with Crippen LogP contribution < -0.4 is 0 Å². The van der Waals surface area contributed by atoms with Crippen LogP contribution in [0.25, 0.3) is 0 Å². The highest BCUT2D eigenvalue weighted by Gasteiger charge is 2.51. The molecular formula is C15H18O5. The fraction of sp³-hybridized carbons (Fsp3) is 0.467. The maximum absolute atomic E-state index is 12.1. The summed E-state index contributed by atoms with van der Waals surface area (Å²) >= 11 is 0. The first kappa shape index (κ1) is 14.5. The summed E-state index contributed by atoms with van der Waals surface area (Å²) in [5, 5.41) is 10.00. The van der Waals surface area contributed by atoms with Crippen LogP contribution in [0.2, 0.25) is 0 Å². The normalized spacial score (nSPS) is 23.8. The van der Waals surface area contributed by atoms with Gasteiger partial charge in [-0.05, 0) is 36.1 Å². The Morgan fingerprint density at radius 3 is 2.45 bits per heavy atom. The topological polar surface area (TPSA) is 72.8 Å². The van der Waals surface area contributed by atoms with E-state index in [1.165, 1.54) is 14.2 Å². The van der Waals surface area contributed by atoms with E-state index in [4.69, 9.17) is 9.47 Å². The first-order valence-electron chi connectivity index (χ1n) is 6.40. The molecular weight excluding hydrogens is 260 g/mol. The van der Waals surface area contributed by atoms with E-state index < -0.39 is 23.5 Å². The van der Waals surface area contributed by atoms with Crippen LogP contribution in [0.15, 0.2) is 34.9 Å². The molecule has 0 aliphatic heterocycles. The van der Waals surface area contributed by atoms with Gasteiger partial charge in [-0.25, -0.2) is 0 Å². The molecule has 20 heavy (non-hydrogen) atoms. The van der Waals surface area contributed by atoms with Crippen LogP contribution in [0, 0.1) is 5.41 Å². The Balaban J connectivity index is 2.56. The molecule has 0 heterocycles. The van der Waals surface area contributed by atoms with Crippen LogP contribution in [-0.2, 0) is 19.1 Å². The van der Waals surface area contributed by atoms with Crippen LogP contribution >= 0.6 is 0 Å². The number of carbonyl (C=O) groups excluding carboxylic acids is 2. The smallest absolute Gasteiger partial charge is 0.327 e. The molecule has 0 spiro atoms. The Hall–Kier alpha value is -1.88. The van der Waals surface area contributed by atoms with E-state index in [0.717, 1.165) is 16.7 Å². The lowest BCUT2D eigenvalue weighted by Crippen LogP contribution is -2.38. The molecule has 0 aromatic rings. The van der Waals surface area contributed by atoms with Crippen molar-refractivity contribution >= 4 is 11.9 Å². The van der Waals surface area contributed by atoms with Gasteiger partial charge in [-0.3, -0.25) is 9.59 Å². The maximum Gasteiger partial charge on any atom is 0.327 e. The van der Waals surface area contributed by atoms with Gasteiger partial charge in [-0.2, -0.15) is 0 Å². The molecule has 5 nitrogen and oxygen atoms in total. The highest BCUT2D eigenvalue weighted by molar-refractivity contribution is 6.04. The molecule has 0 saturated heterocycles. The van der Waals surface area contributed by atoms with Crippen molar-refractivity contribution in [2.75, 3.05) is 14.2 Å². The second-order valence-corrected chi connectivity index (χ2v) is 5.05. The van der Waals surface area contributed by atoms with Crippen molar-refractivity contribution in [2.45, 2.75) is 25.9 Å². The third kappa shape index (κ3) is 2.08. The molecule has 2 aliphatic rings. The van der Waals surface area contributed by atoms with Gasteiger partial charge in [0.15, 0.2) is 5.41 Å². The van der Waals surface area contributed by atoms with Crippen molar-refractivity contribution in [1.82, 2.24) is 0 Å². The van der Waals surface area contributed by atoms with E-state index in [1.807, 2.05) is 19.1 Å². The summed E-state index contributed by atoms with van der Waals surface area (Å²) in [6.07, 6.45) is 5.32. The molecule has 1 atom stereocenters. The Morgan fingerprint density at radius 2 is 1.90 bits per heavy atom. The SMILES string of the molecule is COC(=O)C1(C(=O)OC)C=C2C=CCC(O)C(C)=C2C1. The van der Waals surface area contributed by atoms with Crippen LogP contribution in [-0.4, -0.2) is 37.4 Å². The number of ether oxygens (including phenoxy) is 2. The van der Waals surface area contributed by atoms with Crippen molar-refractivity contribution in [3.05, 3.63) is 34.9 Å². The van der Waals surface area contributed by atoms with Crippen molar-refractivity contribution in [1.29, 1.82) is 0 Å². The van der Waals surface area contributed by atoms with E-state index in [-0.39, 0.29) is 6.42 Å². The Morgan fingerprint density at radius 1 is 1.30 bits per heavy atom. The predicted octanol–water partition coefficient (Wildman–Crippen LogP) is 1.29. The molecule has 0 saturated carbocycles. The fourth-order valence-electron chi connectivity index (χ4n) is 2.71. The first-order valence-corrected chi connectivity index (χ1v) is 6.40. The molecule has 0 amide bonds. The quantitative estimate of drug-likeness (QED) is 0.608. The number of hydrogen-bond acceptors (Lipinski definition) is 5. The molecule has 0 aromatic carbocycles. The monoisotopic (exact) mass is 278 g/mol. The Kier molecular flexibility index (Phi) is 3.81.